The second-order valence-electron chi connectivity index (χ2n) is 9.20. The topological polar surface area (TPSA) is 97.6 Å². The maximum Gasteiger partial charge on any atom is 0.163 e. The summed E-state index contributed by atoms with van der Waals surface area (Å²) in [5, 5.41) is 31.8. The Hall–Kier alpha value is -1.22. The van der Waals surface area contributed by atoms with Crippen molar-refractivity contribution in [2.45, 2.75) is 90.1 Å². The normalized spacial score (nSPS) is 41.2. The molecule has 2 aliphatic rings. The third-order valence-electron chi connectivity index (χ3n) is 6.84. The molecule has 7 nitrogen and oxygen atoms in total. The molecule has 0 bridgehead atoms. The van der Waals surface area contributed by atoms with Crippen molar-refractivity contribution in [3.05, 3.63) is 29.8 Å². The molecule has 10 atom stereocenters. The zero-order valence-electron chi connectivity index (χ0n) is 19.2. The fourth-order valence-electron chi connectivity index (χ4n) is 4.82. The van der Waals surface area contributed by atoms with E-state index in [1.165, 1.54) is 0 Å². The first kappa shape index (κ1) is 24.4. The van der Waals surface area contributed by atoms with Gasteiger partial charge in [-0.25, -0.2) is 0 Å². The highest BCUT2D eigenvalue weighted by Crippen LogP contribution is 2.37. The summed E-state index contributed by atoms with van der Waals surface area (Å²) in [6.45, 7) is 8.22. The smallest absolute Gasteiger partial charge is 0.163 e. The number of benzene rings is 1. The van der Waals surface area contributed by atoms with Crippen LogP contribution in [0.5, 0.6) is 5.75 Å². The Kier molecular flexibility index (Phi) is 8.35. The molecule has 0 aromatic heterocycles. The van der Waals surface area contributed by atoms with Gasteiger partial charge < -0.3 is 34.3 Å². The van der Waals surface area contributed by atoms with Crippen LogP contribution in [0.3, 0.4) is 0 Å². The van der Waals surface area contributed by atoms with Crippen LogP contribution in [0.1, 0.15) is 46.1 Å². The van der Waals surface area contributed by atoms with E-state index in [1.807, 2.05) is 31.2 Å². The van der Waals surface area contributed by atoms with Crippen LogP contribution in [0.4, 0.5) is 0 Å². The number of ether oxygens (including phenoxy) is 4. The molecule has 1 aromatic carbocycles. The molecule has 1 heterocycles. The summed E-state index contributed by atoms with van der Waals surface area (Å²) in [4.78, 5) is 0. The highest BCUT2D eigenvalue weighted by molar-refractivity contribution is 5.26. The molecule has 3 rings (SSSR count). The molecule has 3 N–H and O–H groups in total. The zero-order valence-corrected chi connectivity index (χ0v) is 19.2. The van der Waals surface area contributed by atoms with Gasteiger partial charge in [0, 0.05) is 5.92 Å². The van der Waals surface area contributed by atoms with Gasteiger partial charge in [0.2, 0.25) is 0 Å². The molecule has 31 heavy (non-hydrogen) atoms. The first-order chi connectivity index (χ1) is 14.8. The molecule has 1 saturated heterocycles. The Morgan fingerprint density at radius 2 is 1.58 bits per heavy atom. The van der Waals surface area contributed by atoms with Crippen LogP contribution in [-0.2, 0) is 20.8 Å². The zero-order chi connectivity index (χ0) is 22.7. The van der Waals surface area contributed by atoms with E-state index in [0.717, 1.165) is 17.7 Å². The number of aliphatic hydroxyl groups is 3. The van der Waals surface area contributed by atoms with Crippen molar-refractivity contribution in [1.82, 2.24) is 0 Å². The molecular weight excluding hydrogens is 400 g/mol. The second-order valence-corrected chi connectivity index (χ2v) is 9.20. The van der Waals surface area contributed by atoms with Crippen molar-refractivity contribution < 1.29 is 34.3 Å². The lowest BCUT2D eigenvalue weighted by Gasteiger charge is -2.47. The van der Waals surface area contributed by atoms with Crippen LogP contribution in [0.2, 0.25) is 0 Å². The van der Waals surface area contributed by atoms with Gasteiger partial charge in [0.15, 0.2) is 6.29 Å². The van der Waals surface area contributed by atoms with Gasteiger partial charge in [0.05, 0.1) is 38.1 Å². The standard InChI is InChI=1S/C24H38O7/c1-6-18-20(26)19(25)15(4)24(30-18)31-23-14(3)11-13(2)22(21(23)27)29-12-16-7-9-17(28-5)10-8-16/h7-10,13-15,18-27H,6,11-12H2,1-5H3/t13-,14?,15?,18?,19-,20+,21-,22?,23+,24+/m1/s1. The molecule has 1 aliphatic carbocycles. The Morgan fingerprint density at radius 3 is 2.19 bits per heavy atom. The summed E-state index contributed by atoms with van der Waals surface area (Å²) in [5.41, 5.74) is 1.00. The van der Waals surface area contributed by atoms with E-state index in [1.54, 1.807) is 14.0 Å². The van der Waals surface area contributed by atoms with E-state index in [-0.39, 0.29) is 17.9 Å². The number of hydrogen-bond donors (Lipinski definition) is 3. The molecular formula is C24H38O7. The molecule has 176 valence electrons. The van der Waals surface area contributed by atoms with E-state index < -0.39 is 42.7 Å². The highest BCUT2D eigenvalue weighted by atomic mass is 16.7. The van der Waals surface area contributed by atoms with Gasteiger partial charge in [-0.15, -0.1) is 0 Å². The van der Waals surface area contributed by atoms with E-state index >= 15 is 0 Å². The number of rotatable bonds is 7. The van der Waals surface area contributed by atoms with Crippen molar-refractivity contribution in [3.8, 4) is 5.75 Å². The van der Waals surface area contributed by atoms with Crippen molar-refractivity contribution in [3.63, 3.8) is 0 Å². The van der Waals surface area contributed by atoms with Gasteiger partial charge in [-0.2, -0.15) is 0 Å². The summed E-state index contributed by atoms with van der Waals surface area (Å²) >= 11 is 0. The molecule has 0 radical (unpaired) electrons. The molecule has 1 saturated carbocycles. The molecule has 4 unspecified atom stereocenters. The summed E-state index contributed by atoms with van der Waals surface area (Å²) in [7, 11) is 1.63. The Morgan fingerprint density at radius 1 is 0.935 bits per heavy atom. The molecule has 0 spiro atoms. The summed E-state index contributed by atoms with van der Waals surface area (Å²) in [6, 6.07) is 7.67. The third-order valence-corrected chi connectivity index (χ3v) is 6.84. The summed E-state index contributed by atoms with van der Waals surface area (Å²) in [5.74, 6) is 0.654. The Balaban J connectivity index is 1.66. The van der Waals surface area contributed by atoms with Crippen LogP contribution in [-0.4, -0.2) is 65.3 Å². The number of methoxy groups -OCH3 is 1. The van der Waals surface area contributed by atoms with E-state index in [0.29, 0.717) is 13.0 Å². The first-order valence-electron chi connectivity index (χ1n) is 11.4. The van der Waals surface area contributed by atoms with Gasteiger partial charge >= 0.3 is 0 Å². The number of aliphatic hydroxyl groups excluding tert-OH is 3. The van der Waals surface area contributed by atoms with Gasteiger partial charge in [0.1, 0.15) is 18.0 Å². The molecule has 2 fully saturated rings. The van der Waals surface area contributed by atoms with Crippen LogP contribution < -0.4 is 4.74 Å². The Labute approximate surface area is 185 Å². The predicted octanol–water partition coefficient (Wildman–Crippen LogP) is 2.50. The van der Waals surface area contributed by atoms with Gasteiger partial charge in [0.25, 0.3) is 0 Å². The number of hydrogen-bond acceptors (Lipinski definition) is 7. The quantitative estimate of drug-likeness (QED) is 0.602. The average Bonchev–Trinajstić information content (AvgIpc) is 2.76. The van der Waals surface area contributed by atoms with Crippen LogP contribution >= 0.6 is 0 Å². The van der Waals surface area contributed by atoms with Gasteiger partial charge in [-0.3, -0.25) is 0 Å². The second kappa shape index (κ2) is 10.6. The van der Waals surface area contributed by atoms with Crippen molar-refractivity contribution in [2.75, 3.05) is 7.11 Å². The fraction of sp³-hybridized carbons (Fsp3) is 0.750. The molecule has 0 amide bonds. The predicted molar refractivity (Wildman–Crippen MR) is 116 cm³/mol. The highest BCUT2D eigenvalue weighted by Gasteiger charge is 2.47. The van der Waals surface area contributed by atoms with E-state index in [2.05, 4.69) is 13.8 Å². The molecule has 7 heteroatoms. The van der Waals surface area contributed by atoms with Crippen molar-refractivity contribution in [2.24, 2.45) is 17.8 Å². The van der Waals surface area contributed by atoms with Gasteiger partial charge in [-0.1, -0.05) is 39.8 Å². The van der Waals surface area contributed by atoms with Crippen molar-refractivity contribution >= 4 is 0 Å². The summed E-state index contributed by atoms with van der Waals surface area (Å²) < 4.78 is 23.5. The Bertz CT molecular complexity index is 679. The van der Waals surface area contributed by atoms with E-state index in [4.69, 9.17) is 18.9 Å². The van der Waals surface area contributed by atoms with Crippen LogP contribution in [0.15, 0.2) is 24.3 Å². The van der Waals surface area contributed by atoms with Crippen LogP contribution in [0, 0.1) is 17.8 Å². The third kappa shape index (κ3) is 5.41. The lowest BCUT2D eigenvalue weighted by Crippen LogP contribution is -2.58. The lowest BCUT2D eigenvalue weighted by molar-refractivity contribution is -0.311. The SMILES string of the molecule is CCC1O[C@@H](O[C@H]2C(C)C[C@@H](C)C(OCc3ccc(OC)cc3)[C@H]2O)C(C)[C@@H](O)[C@H]1O. The maximum absolute atomic E-state index is 11.2. The minimum atomic E-state index is -0.936. The van der Waals surface area contributed by atoms with Crippen molar-refractivity contribution in [1.29, 1.82) is 0 Å². The maximum atomic E-state index is 11.2. The minimum absolute atomic E-state index is 0.103. The monoisotopic (exact) mass is 438 g/mol. The minimum Gasteiger partial charge on any atom is -0.497 e. The largest absolute Gasteiger partial charge is 0.497 e. The lowest BCUT2D eigenvalue weighted by atomic mass is 9.77. The molecule has 1 aromatic rings. The van der Waals surface area contributed by atoms with Gasteiger partial charge in [-0.05, 0) is 42.4 Å². The fourth-order valence-corrected chi connectivity index (χ4v) is 4.82. The van der Waals surface area contributed by atoms with E-state index in [9.17, 15) is 15.3 Å². The first-order valence-corrected chi connectivity index (χ1v) is 11.4. The van der Waals surface area contributed by atoms with Crippen LogP contribution in [0.25, 0.3) is 0 Å². The molecule has 1 aliphatic heterocycles. The summed E-state index contributed by atoms with van der Waals surface area (Å²) in [6.07, 6.45) is -3.32. The average molecular weight is 439 g/mol.